The molecule has 2 aromatic carbocycles. The Bertz CT molecular complexity index is 991. The summed E-state index contributed by atoms with van der Waals surface area (Å²) >= 11 is 0. The fraction of sp³-hybridized carbons (Fsp3) is 0.240. The summed E-state index contributed by atoms with van der Waals surface area (Å²) in [6.45, 7) is 5.88. The van der Waals surface area contributed by atoms with Crippen LogP contribution in [0.1, 0.15) is 55.8 Å². The zero-order valence-corrected chi connectivity index (χ0v) is 18.4. The van der Waals surface area contributed by atoms with Crippen LogP contribution >= 0.6 is 7.53 Å². The molecule has 30 heavy (non-hydrogen) atoms. The predicted octanol–water partition coefficient (Wildman–Crippen LogP) is 5.71. The fourth-order valence-electron chi connectivity index (χ4n) is 3.57. The molecular formula is C25H25O4P. The molecule has 0 fully saturated rings. The van der Waals surface area contributed by atoms with Gasteiger partial charge in [-0.1, -0.05) is 60.7 Å². The van der Waals surface area contributed by atoms with Crippen LogP contribution in [0.4, 0.5) is 0 Å². The molecular weight excluding hydrogens is 395 g/mol. The third-order valence-corrected chi connectivity index (χ3v) is 7.99. The number of esters is 1. The van der Waals surface area contributed by atoms with Crippen molar-refractivity contribution in [2.24, 2.45) is 0 Å². The van der Waals surface area contributed by atoms with Gasteiger partial charge in [0.05, 0.1) is 13.0 Å². The molecule has 5 heteroatoms. The van der Waals surface area contributed by atoms with E-state index in [-0.39, 0.29) is 24.0 Å². The maximum Gasteiger partial charge on any atom is 0.306 e. The highest BCUT2D eigenvalue weighted by Crippen LogP contribution is 2.48. The van der Waals surface area contributed by atoms with Gasteiger partial charge in [-0.2, -0.15) is 0 Å². The van der Waals surface area contributed by atoms with Crippen LogP contribution in [-0.2, 0) is 15.7 Å². The molecule has 0 atom stereocenters. The first-order valence-corrected chi connectivity index (χ1v) is 11.5. The fourth-order valence-corrected chi connectivity index (χ4v) is 6.54. The van der Waals surface area contributed by atoms with Gasteiger partial charge in [-0.3, -0.25) is 14.4 Å². The first kappa shape index (κ1) is 21.7. The summed E-state index contributed by atoms with van der Waals surface area (Å²) in [4.78, 5) is 38.8. The van der Waals surface area contributed by atoms with Crippen LogP contribution in [0.2, 0.25) is 0 Å². The highest BCUT2D eigenvalue weighted by atomic mass is 31.1. The Balaban J connectivity index is 2.12. The largest absolute Gasteiger partial charge is 0.466 e. The summed E-state index contributed by atoms with van der Waals surface area (Å²) in [5.74, 6) is -0.447. The molecule has 0 aliphatic carbocycles. The second kappa shape index (κ2) is 9.69. The third-order valence-electron chi connectivity index (χ3n) is 5.16. The molecule has 1 aromatic heterocycles. The van der Waals surface area contributed by atoms with Crippen molar-refractivity contribution in [2.75, 3.05) is 6.61 Å². The quantitative estimate of drug-likeness (QED) is 0.346. The number of rotatable bonds is 8. The summed E-state index contributed by atoms with van der Waals surface area (Å²) in [7, 11) is -1.26. The molecule has 154 valence electrons. The molecule has 0 bridgehead atoms. The van der Waals surface area contributed by atoms with Gasteiger partial charge in [0, 0.05) is 21.7 Å². The number of carbonyl (C=O) groups excluding carboxylic acids is 3. The number of hydrogen-bond donors (Lipinski definition) is 0. The van der Waals surface area contributed by atoms with Crippen LogP contribution in [0.25, 0.3) is 0 Å². The van der Waals surface area contributed by atoms with Gasteiger partial charge in [0.15, 0.2) is 11.6 Å². The van der Waals surface area contributed by atoms with E-state index in [1.54, 1.807) is 31.2 Å². The molecule has 0 saturated heterocycles. The zero-order chi connectivity index (χ0) is 21.7. The molecule has 0 saturated carbocycles. The summed E-state index contributed by atoms with van der Waals surface area (Å²) in [6, 6.07) is 18.2. The summed E-state index contributed by atoms with van der Waals surface area (Å²) < 4.78 is 5.09. The second-order valence-electron chi connectivity index (χ2n) is 7.04. The van der Waals surface area contributed by atoms with E-state index < -0.39 is 7.53 Å². The normalized spacial score (nSPS) is 10.6. The van der Waals surface area contributed by atoms with Gasteiger partial charge in [-0.05, 0) is 38.1 Å². The molecule has 0 aliphatic heterocycles. The van der Waals surface area contributed by atoms with Gasteiger partial charge in [-0.15, -0.1) is 7.53 Å². The first-order chi connectivity index (χ1) is 14.5. The van der Waals surface area contributed by atoms with Gasteiger partial charge < -0.3 is 4.74 Å². The van der Waals surface area contributed by atoms with Gasteiger partial charge >= 0.3 is 5.97 Å². The Morgan fingerprint density at radius 2 is 1.20 bits per heavy atom. The van der Waals surface area contributed by atoms with E-state index in [1.807, 2.05) is 50.2 Å². The van der Waals surface area contributed by atoms with E-state index in [4.69, 9.17) is 4.74 Å². The summed E-state index contributed by atoms with van der Waals surface area (Å²) in [5.41, 5.74) is 2.88. The topological polar surface area (TPSA) is 60.4 Å². The van der Waals surface area contributed by atoms with E-state index in [1.165, 1.54) is 0 Å². The minimum atomic E-state index is -1.26. The van der Waals surface area contributed by atoms with Crippen LogP contribution in [0.5, 0.6) is 0 Å². The SMILES string of the molecule is CCOC(=O)CCp1c(C(=O)c2ccccc2)c(C)c(C)c1C(=O)c1ccccc1. The molecule has 0 spiro atoms. The highest BCUT2D eigenvalue weighted by Gasteiger charge is 2.28. The number of carbonyl (C=O) groups is 3. The molecule has 3 aromatic rings. The Morgan fingerprint density at radius 1 is 0.767 bits per heavy atom. The smallest absolute Gasteiger partial charge is 0.306 e. The average Bonchev–Trinajstić information content (AvgIpc) is 3.02. The van der Waals surface area contributed by atoms with Crippen molar-refractivity contribution < 1.29 is 19.1 Å². The molecule has 0 amide bonds. The number of ketones is 2. The van der Waals surface area contributed by atoms with Crippen molar-refractivity contribution >= 4 is 25.1 Å². The summed E-state index contributed by atoms with van der Waals surface area (Å²) in [5, 5.41) is 1.33. The Kier molecular flexibility index (Phi) is 7.02. The zero-order valence-electron chi connectivity index (χ0n) is 17.5. The van der Waals surface area contributed by atoms with Gasteiger partial charge in [0.25, 0.3) is 0 Å². The lowest BCUT2D eigenvalue weighted by molar-refractivity contribution is -0.142. The Hall–Kier alpha value is -2.97. The average molecular weight is 420 g/mol. The van der Waals surface area contributed by atoms with Crippen LogP contribution in [0.15, 0.2) is 60.7 Å². The van der Waals surface area contributed by atoms with E-state index >= 15 is 0 Å². The van der Waals surface area contributed by atoms with E-state index in [9.17, 15) is 14.4 Å². The van der Waals surface area contributed by atoms with Crippen molar-refractivity contribution in [3.63, 3.8) is 0 Å². The molecule has 0 radical (unpaired) electrons. The van der Waals surface area contributed by atoms with Crippen LogP contribution in [0, 0.1) is 13.8 Å². The van der Waals surface area contributed by atoms with Crippen molar-refractivity contribution in [3.05, 3.63) is 93.5 Å². The maximum atomic E-state index is 13.4. The minimum Gasteiger partial charge on any atom is -0.466 e. The second-order valence-corrected chi connectivity index (χ2v) is 9.24. The summed E-state index contributed by atoms with van der Waals surface area (Å²) in [6.07, 6.45) is 0.599. The predicted molar refractivity (Wildman–Crippen MR) is 120 cm³/mol. The van der Waals surface area contributed by atoms with Crippen molar-refractivity contribution in [1.82, 2.24) is 0 Å². The number of benzene rings is 2. The van der Waals surface area contributed by atoms with Crippen LogP contribution in [-0.4, -0.2) is 24.1 Å². The minimum absolute atomic E-state index is 0.0710. The Morgan fingerprint density at radius 3 is 1.60 bits per heavy atom. The standard InChI is InChI=1S/C25H25O4P/c1-4-29-21(26)15-16-30-24(22(27)19-11-7-5-8-12-19)17(2)18(3)25(30)23(28)20-13-9-6-10-14-20/h5-14H,4,15-16H2,1-3H3. The van der Waals surface area contributed by atoms with Crippen molar-refractivity contribution in [1.29, 1.82) is 0 Å². The molecule has 1 heterocycles. The number of hydrogen-bond acceptors (Lipinski definition) is 4. The van der Waals surface area contributed by atoms with E-state index in [0.29, 0.717) is 34.5 Å². The lowest BCUT2D eigenvalue weighted by atomic mass is 10.0. The lowest BCUT2D eigenvalue weighted by Gasteiger charge is -2.10. The van der Waals surface area contributed by atoms with E-state index in [2.05, 4.69) is 0 Å². The van der Waals surface area contributed by atoms with Gasteiger partial charge in [0.1, 0.15) is 0 Å². The monoisotopic (exact) mass is 420 g/mol. The molecule has 0 N–H and O–H groups in total. The Labute approximate surface area is 178 Å². The van der Waals surface area contributed by atoms with Crippen LogP contribution in [0.3, 0.4) is 0 Å². The molecule has 4 nitrogen and oxygen atoms in total. The van der Waals surface area contributed by atoms with Gasteiger partial charge in [0.2, 0.25) is 0 Å². The highest BCUT2D eigenvalue weighted by molar-refractivity contribution is 7.53. The number of ether oxygens (including phenoxy) is 1. The molecule has 0 unspecified atom stereocenters. The first-order valence-electron chi connectivity index (χ1n) is 10.0. The van der Waals surface area contributed by atoms with Gasteiger partial charge in [-0.25, -0.2) is 0 Å². The lowest BCUT2D eigenvalue weighted by Crippen LogP contribution is -2.06. The van der Waals surface area contributed by atoms with Crippen LogP contribution < -0.4 is 0 Å². The third kappa shape index (κ3) is 4.44. The van der Waals surface area contributed by atoms with E-state index in [0.717, 1.165) is 11.1 Å². The molecule has 3 rings (SSSR count). The van der Waals surface area contributed by atoms with Crippen molar-refractivity contribution in [3.8, 4) is 0 Å². The molecule has 0 aliphatic rings. The van der Waals surface area contributed by atoms with Crippen molar-refractivity contribution in [2.45, 2.75) is 33.4 Å². The maximum absolute atomic E-state index is 13.4.